The fourth-order valence-corrected chi connectivity index (χ4v) is 2.48. The minimum absolute atomic E-state index is 0.286. The van der Waals surface area contributed by atoms with Crippen LogP contribution in [0.1, 0.15) is 6.42 Å². The van der Waals surface area contributed by atoms with Crippen molar-refractivity contribution < 1.29 is 37.3 Å². The molecule has 1 aromatic rings. The summed E-state index contributed by atoms with van der Waals surface area (Å²) in [5.41, 5.74) is -2.92. The number of methoxy groups -OCH3 is 1. The van der Waals surface area contributed by atoms with Crippen molar-refractivity contribution in [1.82, 2.24) is 4.90 Å². The van der Waals surface area contributed by atoms with E-state index in [0.717, 1.165) is 4.90 Å². The Kier molecular flexibility index (Phi) is 4.91. The van der Waals surface area contributed by atoms with Gasteiger partial charge in [0, 0.05) is 19.2 Å². The number of hydrogen-bond donors (Lipinski definition) is 1. The molecule has 1 heterocycles. The number of aliphatic carboxylic acids is 1. The lowest BCUT2D eigenvalue weighted by atomic mass is 9.86. The first-order chi connectivity index (χ1) is 11.2. The molecule has 1 atom stereocenters. The maximum Gasteiger partial charge on any atom is 0.406 e. The molecule has 0 saturated carbocycles. The Morgan fingerprint density at radius 1 is 1.33 bits per heavy atom. The number of hydrogen-bond acceptors (Lipinski definition) is 4. The van der Waals surface area contributed by atoms with Gasteiger partial charge >= 0.3 is 12.1 Å². The third-order valence-electron chi connectivity index (χ3n) is 3.98. The van der Waals surface area contributed by atoms with E-state index >= 15 is 0 Å². The average Bonchev–Trinajstić information content (AvgIpc) is 2.99. The Balaban J connectivity index is 2.00. The average molecular weight is 347 g/mol. The maximum absolute atomic E-state index is 13.1. The predicted octanol–water partition coefficient (Wildman–Crippen LogP) is 1.94. The van der Waals surface area contributed by atoms with Crippen LogP contribution in [0.15, 0.2) is 24.3 Å². The third-order valence-corrected chi connectivity index (χ3v) is 3.98. The molecular formula is C15H16F3NO5. The maximum atomic E-state index is 13.1. The molecule has 0 spiro atoms. The Labute approximate surface area is 135 Å². The Morgan fingerprint density at radius 2 is 2.00 bits per heavy atom. The third kappa shape index (κ3) is 3.39. The van der Waals surface area contributed by atoms with Gasteiger partial charge in [0.05, 0.1) is 7.11 Å². The lowest BCUT2D eigenvalue weighted by Gasteiger charge is -2.27. The van der Waals surface area contributed by atoms with Gasteiger partial charge in [0.2, 0.25) is 0 Å². The summed E-state index contributed by atoms with van der Waals surface area (Å²) < 4.78 is 49.4. The van der Waals surface area contributed by atoms with Crippen LogP contribution in [0.4, 0.5) is 13.2 Å². The molecule has 0 aromatic heterocycles. The van der Waals surface area contributed by atoms with Crippen LogP contribution in [0.25, 0.3) is 0 Å². The number of nitrogens with zero attached hydrogens (tertiary/aromatic N) is 1. The van der Waals surface area contributed by atoms with Crippen LogP contribution in [-0.2, 0) is 9.59 Å². The normalized spacial score (nSPS) is 20.8. The molecule has 1 aromatic carbocycles. The Morgan fingerprint density at radius 3 is 2.54 bits per heavy atom. The Bertz CT molecular complexity index is 634. The van der Waals surface area contributed by atoms with Crippen molar-refractivity contribution in [2.24, 2.45) is 5.41 Å². The van der Waals surface area contributed by atoms with Crippen molar-refractivity contribution in [2.45, 2.75) is 12.6 Å². The molecule has 9 heteroatoms. The molecule has 2 rings (SSSR count). The SMILES string of the molecule is COc1cccc(OCC(=O)N2CC[C@@](C(=O)O)(C(F)(F)F)C2)c1. The first-order valence-corrected chi connectivity index (χ1v) is 7.04. The Hall–Kier alpha value is -2.45. The fourth-order valence-electron chi connectivity index (χ4n) is 2.48. The number of alkyl halides is 3. The summed E-state index contributed by atoms with van der Waals surface area (Å²) in [6, 6.07) is 6.39. The van der Waals surface area contributed by atoms with E-state index in [-0.39, 0.29) is 6.54 Å². The van der Waals surface area contributed by atoms with E-state index < -0.39 is 43.0 Å². The van der Waals surface area contributed by atoms with Gasteiger partial charge in [-0.3, -0.25) is 9.59 Å². The number of rotatable bonds is 5. The van der Waals surface area contributed by atoms with E-state index in [1.807, 2.05) is 0 Å². The van der Waals surface area contributed by atoms with Gasteiger partial charge in [-0.2, -0.15) is 13.2 Å². The summed E-state index contributed by atoms with van der Waals surface area (Å²) in [6.07, 6.45) is -5.60. The summed E-state index contributed by atoms with van der Waals surface area (Å²) in [6.45, 7) is -1.68. The summed E-state index contributed by atoms with van der Waals surface area (Å²) >= 11 is 0. The van der Waals surface area contributed by atoms with Crippen LogP contribution in [0.3, 0.4) is 0 Å². The highest BCUT2D eigenvalue weighted by Crippen LogP contribution is 2.45. The van der Waals surface area contributed by atoms with Crippen LogP contribution in [-0.4, -0.2) is 54.9 Å². The molecule has 1 saturated heterocycles. The number of carbonyl (C=O) groups is 2. The molecule has 0 unspecified atom stereocenters. The van der Waals surface area contributed by atoms with Gasteiger partial charge in [-0.25, -0.2) is 0 Å². The first kappa shape index (κ1) is 17.9. The summed E-state index contributed by atoms with van der Waals surface area (Å²) in [7, 11) is 1.46. The van der Waals surface area contributed by atoms with E-state index in [1.165, 1.54) is 13.2 Å². The molecule has 0 bridgehead atoms. The van der Waals surface area contributed by atoms with E-state index in [1.54, 1.807) is 18.2 Å². The van der Waals surface area contributed by atoms with E-state index in [9.17, 15) is 22.8 Å². The highest BCUT2D eigenvalue weighted by atomic mass is 19.4. The van der Waals surface area contributed by atoms with Crippen LogP contribution in [0, 0.1) is 5.41 Å². The van der Waals surface area contributed by atoms with Crippen molar-refractivity contribution in [1.29, 1.82) is 0 Å². The zero-order valence-electron chi connectivity index (χ0n) is 12.8. The number of amides is 1. The molecule has 0 aliphatic carbocycles. The monoisotopic (exact) mass is 347 g/mol. The van der Waals surface area contributed by atoms with Gasteiger partial charge in [-0.05, 0) is 18.6 Å². The second-order valence-electron chi connectivity index (χ2n) is 5.42. The zero-order chi connectivity index (χ0) is 18.0. The topological polar surface area (TPSA) is 76.1 Å². The van der Waals surface area contributed by atoms with Gasteiger partial charge in [0.15, 0.2) is 12.0 Å². The van der Waals surface area contributed by atoms with Gasteiger partial charge in [-0.15, -0.1) is 0 Å². The van der Waals surface area contributed by atoms with Gasteiger partial charge in [0.1, 0.15) is 11.5 Å². The molecular weight excluding hydrogens is 331 g/mol. The largest absolute Gasteiger partial charge is 0.497 e. The smallest absolute Gasteiger partial charge is 0.406 e. The quantitative estimate of drug-likeness (QED) is 0.881. The van der Waals surface area contributed by atoms with E-state index in [0.29, 0.717) is 11.5 Å². The zero-order valence-corrected chi connectivity index (χ0v) is 12.8. The molecule has 6 nitrogen and oxygen atoms in total. The molecule has 0 radical (unpaired) electrons. The molecule has 1 aliphatic rings. The molecule has 1 amide bonds. The lowest BCUT2D eigenvalue weighted by molar-refractivity contribution is -0.227. The summed E-state index contributed by atoms with van der Waals surface area (Å²) in [4.78, 5) is 24.0. The van der Waals surface area contributed by atoms with Crippen LogP contribution in [0.5, 0.6) is 11.5 Å². The van der Waals surface area contributed by atoms with Crippen molar-refractivity contribution in [3.63, 3.8) is 0 Å². The van der Waals surface area contributed by atoms with Crippen molar-refractivity contribution in [3.8, 4) is 11.5 Å². The molecule has 1 aliphatic heterocycles. The molecule has 1 fully saturated rings. The summed E-state index contributed by atoms with van der Waals surface area (Å²) in [5.74, 6) is -1.85. The fraction of sp³-hybridized carbons (Fsp3) is 0.467. The number of carbonyl (C=O) groups excluding carboxylic acids is 1. The number of benzene rings is 1. The molecule has 132 valence electrons. The predicted molar refractivity (Wildman–Crippen MR) is 75.8 cm³/mol. The van der Waals surface area contributed by atoms with Crippen LogP contribution in [0.2, 0.25) is 0 Å². The standard InChI is InChI=1S/C15H16F3NO5/c1-23-10-3-2-4-11(7-10)24-8-12(20)19-6-5-14(9-19,13(21)22)15(16,17)18/h2-4,7H,5-6,8-9H2,1H3,(H,21,22)/t14-/m1/s1. The van der Waals surface area contributed by atoms with Gasteiger partial charge in [0.25, 0.3) is 5.91 Å². The number of carboxylic acid groups (broad SMARTS) is 1. The van der Waals surface area contributed by atoms with Crippen molar-refractivity contribution in [3.05, 3.63) is 24.3 Å². The molecule has 1 N–H and O–H groups in total. The van der Waals surface area contributed by atoms with E-state index in [4.69, 9.17) is 14.6 Å². The lowest BCUT2D eigenvalue weighted by Crippen LogP contribution is -2.48. The minimum Gasteiger partial charge on any atom is -0.497 e. The van der Waals surface area contributed by atoms with E-state index in [2.05, 4.69) is 0 Å². The number of halogens is 3. The van der Waals surface area contributed by atoms with Crippen molar-refractivity contribution in [2.75, 3.05) is 26.8 Å². The van der Waals surface area contributed by atoms with Gasteiger partial charge in [-0.1, -0.05) is 6.07 Å². The number of carboxylic acids is 1. The number of ether oxygens (including phenoxy) is 2. The summed E-state index contributed by atoms with van der Waals surface area (Å²) in [5, 5.41) is 8.96. The minimum atomic E-state index is -4.93. The molecule has 24 heavy (non-hydrogen) atoms. The van der Waals surface area contributed by atoms with Crippen LogP contribution >= 0.6 is 0 Å². The number of likely N-dealkylation sites (tertiary alicyclic amines) is 1. The second kappa shape index (κ2) is 6.58. The highest BCUT2D eigenvalue weighted by Gasteiger charge is 2.64. The van der Waals surface area contributed by atoms with Crippen molar-refractivity contribution >= 4 is 11.9 Å². The first-order valence-electron chi connectivity index (χ1n) is 7.04. The second-order valence-corrected chi connectivity index (χ2v) is 5.42. The highest BCUT2D eigenvalue weighted by molar-refractivity contribution is 5.82. The van der Waals surface area contributed by atoms with Crippen LogP contribution < -0.4 is 9.47 Å². The van der Waals surface area contributed by atoms with Gasteiger partial charge < -0.3 is 19.5 Å².